The van der Waals surface area contributed by atoms with Crippen LogP contribution in [0.4, 0.5) is 0 Å². The minimum Gasteiger partial charge on any atom is -0.375 e. The predicted octanol–water partition coefficient (Wildman–Crippen LogP) is 1.67. The van der Waals surface area contributed by atoms with E-state index in [4.69, 9.17) is 4.74 Å². The first-order valence-corrected chi connectivity index (χ1v) is 7.30. The van der Waals surface area contributed by atoms with Gasteiger partial charge in [-0.1, -0.05) is 37.3 Å². The number of rotatable bonds is 4. The SMILES string of the molecule is CC(NC(=O)[C@H]1NCCO[C@@H]1C)C(C)c1ccccc1. The van der Waals surface area contributed by atoms with Gasteiger partial charge in [0.05, 0.1) is 12.7 Å². The van der Waals surface area contributed by atoms with Crippen molar-refractivity contribution < 1.29 is 9.53 Å². The summed E-state index contributed by atoms with van der Waals surface area (Å²) >= 11 is 0. The van der Waals surface area contributed by atoms with Gasteiger partial charge in [0.1, 0.15) is 6.04 Å². The average molecular weight is 276 g/mol. The quantitative estimate of drug-likeness (QED) is 0.879. The van der Waals surface area contributed by atoms with Crippen molar-refractivity contribution in [3.05, 3.63) is 35.9 Å². The fourth-order valence-corrected chi connectivity index (χ4v) is 2.51. The van der Waals surface area contributed by atoms with Crippen molar-refractivity contribution in [2.24, 2.45) is 0 Å². The van der Waals surface area contributed by atoms with Crippen LogP contribution in [0.5, 0.6) is 0 Å². The lowest BCUT2D eigenvalue weighted by atomic mass is 9.94. The summed E-state index contributed by atoms with van der Waals surface area (Å²) in [6.07, 6.45) is -0.0806. The Bertz CT molecular complexity index is 435. The molecule has 1 amide bonds. The minimum absolute atomic E-state index is 0.0208. The van der Waals surface area contributed by atoms with Crippen molar-refractivity contribution in [2.75, 3.05) is 13.2 Å². The van der Waals surface area contributed by atoms with Crippen molar-refractivity contribution in [1.29, 1.82) is 0 Å². The topological polar surface area (TPSA) is 50.4 Å². The van der Waals surface area contributed by atoms with Gasteiger partial charge in [-0.25, -0.2) is 0 Å². The van der Waals surface area contributed by atoms with Gasteiger partial charge in [-0.2, -0.15) is 0 Å². The van der Waals surface area contributed by atoms with E-state index >= 15 is 0 Å². The van der Waals surface area contributed by atoms with E-state index in [0.29, 0.717) is 6.61 Å². The number of carbonyl (C=O) groups is 1. The van der Waals surface area contributed by atoms with Crippen molar-refractivity contribution >= 4 is 5.91 Å². The van der Waals surface area contributed by atoms with Crippen LogP contribution >= 0.6 is 0 Å². The van der Waals surface area contributed by atoms with Gasteiger partial charge in [0.15, 0.2) is 0 Å². The monoisotopic (exact) mass is 276 g/mol. The molecule has 4 atom stereocenters. The fraction of sp³-hybridized carbons (Fsp3) is 0.562. The van der Waals surface area contributed by atoms with Gasteiger partial charge < -0.3 is 15.4 Å². The molecule has 2 N–H and O–H groups in total. The smallest absolute Gasteiger partial charge is 0.240 e. The predicted molar refractivity (Wildman–Crippen MR) is 79.7 cm³/mol. The number of hydrogen-bond acceptors (Lipinski definition) is 3. The Morgan fingerprint density at radius 2 is 2.05 bits per heavy atom. The number of amides is 1. The van der Waals surface area contributed by atoms with Crippen LogP contribution in [-0.4, -0.2) is 37.2 Å². The summed E-state index contributed by atoms with van der Waals surface area (Å²) in [7, 11) is 0. The molecule has 1 heterocycles. The van der Waals surface area contributed by atoms with Crippen LogP contribution in [-0.2, 0) is 9.53 Å². The molecule has 20 heavy (non-hydrogen) atoms. The number of morpholine rings is 1. The first kappa shape index (κ1) is 15.0. The van der Waals surface area contributed by atoms with E-state index in [2.05, 4.69) is 29.7 Å². The molecule has 1 saturated heterocycles. The maximum Gasteiger partial charge on any atom is 0.240 e. The number of nitrogens with one attached hydrogen (secondary N) is 2. The standard InChI is InChI=1S/C16H24N2O2/c1-11(14-7-5-4-6-8-14)12(2)18-16(19)15-13(3)20-10-9-17-15/h4-8,11-13,15,17H,9-10H2,1-3H3,(H,18,19)/t11?,12?,13-,15+/m1/s1. The molecule has 4 nitrogen and oxygen atoms in total. The average Bonchev–Trinajstić information content (AvgIpc) is 2.47. The number of hydrogen-bond donors (Lipinski definition) is 2. The molecule has 1 aliphatic rings. The van der Waals surface area contributed by atoms with Crippen molar-refractivity contribution in [3.63, 3.8) is 0 Å². The number of ether oxygens (including phenoxy) is 1. The lowest BCUT2D eigenvalue weighted by Gasteiger charge is -2.31. The minimum atomic E-state index is -0.255. The fourth-order valence-electron chi connectivity index (χ4n) is 2.51. The summed E-state index contributed by atoms with van der Waals surface area (Å²) in [5.41, 5.74) is 1.24. The normalized spacial score (nSPS) is 25.8. The molecule has 0 spiro atoms. The van der Waals surface area contributed by atoms with E-state index in [1.807, 2.05) is 32.0 Å². The summed E-state index contributed by atoms with van der Waals surface area (Å²) in [4.78, 5) is 12.3. The molecule has 1 aromatic carbocycles. The maximum absolute atomic E-state index is 12.3. The van der Waals surface area contributed by atoms with E-state index in [1.165, 1.54) is 5.56 Å². The zero-order chi connectivity index (χ0) is 14.5. The summed E-state index contributed by atoms with van der Waals surface area (Å²) in [6, 6.07) is 10.1. The second-order valence-electron chi connectivity index (χ2n) is 5.50. The number of carbonyl (C=O) groups excluding carboxylic acids is 1. The third-order valence-corrected chi connectivity index (χ3v) is 4.04. The van der Waals surface area contributed by atoms with E-state index in [-0.39, 0.29) is 30.0 Å². The highest BCUT2D eigenvalue weighted by Crippen LogP contribution is 2.18. The Labute approximate surface area is 120 Å². The lowest BCUT2D eigenvalue weighted by Crippen LogP contribution is -2.57. The Hall–Kier alpha value is -1.39. The third-order valence-electron chi connectivity index (χ3n) is 4.04. The zero-order valence-electron chi connectivity index (χ0n) is 12.4. The van der Waals surface area contributed by atoms with E-state index in [9.17, 15) is 4.79 Å². The van der Waals surface area contributed by atoms with E-state index in [0.717, 1.165) is 6.54 Å². The highest BCUT2D eigenvalue weighted by atomic mass is 16.5. The molecule has 1 aromatic rings. The van der Waals surface area contributed by atoms with E-state index < -0.39 is 0 Å². The molecule has 110 valence electrons. The molecule has 0 radical (unpaired) electrons. The molecule has 0 saturated carbocycles. The Morgan fingerprint density at radius 3 is 2.70 bits per heavy atom. The maximum atomic E-state index is 12.3. The molecular weight excluding hydrogens is 252 g/mol. The first-order chi connectivity index (χ1) is 9.59. The van der Waals surface area contributed by atoms with Crippen LogP contribution in [0.1, 0.15) is 32.3 Å². The Kier molecular flexibility index (Phi) is 5.15. The van der Waals surface area contributed by atoms with Gasteiger partial charge in [-0.15, -0.1) is 0 Å². The molecule has 2 unspecified atom stereocenters. The number of benzene rings is 1. The second kappa shape index (κ2) is 6.86. The van der Waals surface area contributed by atoms with Crippen molar-refractivity contribution in [1.82, 2.24) is 10.6 Å². The lowest BCUT2D eigenvalue weighted by molar-refractivity contribution is -0.129. The van der Waals surface area contributed by atoms with Crippen LogP contribution in [0.15, 0.2) is 30.3 Å². The molecule has 0 bridgehead atoms. The van der Waals surface area contributed by atoms with Crippen molar-refractivity contribution in [3.8, 4) is 0 Å². The summed E-state index contributed by atoms with van der Waals surface area (Å²) < 4.78 is 5.51. The molecular formula is C16H24N2O2. The summed E-state index contributed by atoms with van der Waals surface area (Å²) in [5, 5.41) is 6.31. The molecule has 4 heteroatoms. The Morgan fingerprint density at radius 1 is 1.35 bits per heavy atom. The molecule has 1 fully saturated rings. The van der Waals surface area contributed by atoms with Gasteiger partial charge in [-0.3, -0.25) is 4.79 Å². The van der Waals surface area contributed by atoms with E-state index in [1.54, 1.807) is 0 Å². The largest absolute Gasteiger partial charge is 0.375 e. The summed E-state index contributed by atoms with van der Waals surface area (Å²) in [5.74, 6) is 0.299. The van der Waals surface area contributed by atoms with Gasteiger partial charge in [0.2, 0.25) is 5.91 Å². The van der Waals surface area contributed by atoms with Gasteiger partial charge in [0, 0.05) is 18.5 Å². The Balaban J connectivity index is 1.93. The van der Waals surface area contributed by atoms with Crippen LogP contribution in [0.3, 0.4) is 0 Å². The highest BCUT2D eigenvalue weighted by molar-refractivity contribution is 5.82. The second-order valence-corrected chi connectivity index (χ2v) is 5.50. The van der Waals surface area contributed by atoms with Crippen molar-refractivity contribution in [2.45, 2.75) is 44.9 Å². The molecule has 1 aliphatic heterocycles. The summed E-state index contributed by atoms with van der Waals surface area (Å²) in [6.45, 7) is 7.51. The molecule has 2 rings (SSSR count). The van der Waals surface area contributed by atoms with Gasteiger partial charge in [-0.05, 0) is 19.4 Å². The first-order valence-electron chi connectivity index (χ1n) is 7.30. The zero-order valence-corrected chi connectivity index (χ0v) is 12.4. The van der Waals surface area contributed by atoms with Crippen LogP contribution in [0, 0.1) is 0 Å². The molecule has 0 aliphatic carbocycles. The van der Waals surface area contributed by atoms with Crippen LogP contribution in [0.25, 0.3) is 0 Å². The highest BCUT2D eigenvalue weighted by Gasteiger charge is 2.29. The van der Waals surface area contributed by atoms with Crippen LogP contribution in [0.2, 0.25) is 0 Å². The third kappa shape index (κ3) is 3.58. The van der Waals surface area contributed by atoms with Gasteiger partial charge in [0.25, 0.3) is 0 Å². The van der Waals surface area contributed by atoms with Gasteiger partial charge >= 0.3 is 0 Å². The van der Waals surface area contributed by atoms with Crippen LogP contribution < -0.4 is 10.6 Å². The molecule has 0 aromatic heterocycles.